The van der Waals surface area contributed by atoms with Crippen molar-refractivity contribution in [2.45, 2.75) is 31.6 Å². The summed E-state index contributed by atoms with van der Waals surface area (Å²) in [7, 11) is 1.55. The van der Waals surface area contributed by atoms with E-state index in [9.17, 15) is 9.59 Å². The molecule has 3 rings (SSSR count). The molecule has 2 heterocycles. The Hall–Kier alpha value is -1.57. The molecule has 29 heavy (non-hydrogen) atoms. The molecule has 0 bridgehead atoms. The van der Waals surface area contributed by atoms with Crippen LogP contribution in [0.15, 0.2) is 24.3 Å². The summed E-state index contributed by atoms with van der Waals surface area (Å²) >= 11 is 1.71. The first-order valence-corrected chi connectivity index (χ1v) is 11.3. The van der Waals surface area contributed by atoms with Crippen LogP contribution in [0.4, 0.5) is 0 Å². The highest BCUT2D eigenvalue weighted by Gasteiger charge is 2.33. The van der Waals surface area contributed by atoms with E-state index in [0.717, 1.165) is 39.3 Å². The van der Waals surface area contributed by atoms with E-state index in [2.05, 4.69) is 49.9 Å². The third kappa shape index (κ3) is 5.53. The number of hydrogen-bond donors (Lipinski definition) is 0. The van der Waals surface area contributed by atoms with E-state index in [-0.39, 0.29) is 29.2 Å². The molecule has 160 valence electrons. The molecule has 0 aromatic heterocycles. The molecule has 0 aliphatic carbocycles. The largest absolute Gasteiger partial charge is 0.375 e. The van der Waals surface area contributed by atoms with Crippen LogP contribution in [0.3, 0.4) is 0 Å². The summed E-state index contributed by atoms with van der Waals surface area (Å²) in [6.45, 7) is 11.5. The van der Waals surface area contributed by atoms with E-state index in [1.54, 1.807) is 18.9 Å². The lowest BCUT2D eigenvalue weighted by molar-refractivity contribution is -0.136. The minimum Gasteiger partial charge on any atom is -0.375 e. The molecular weight excluding hydrogens is 386 g/mol. The second-order valence-electron chi connectivity index (χ2n) is 8.78. The van der Waals surface area contributed by atoms with Crippen LogP contribution in [-0.4, -0.2) is 85.3 Å². The van der Waals surface area contributed by atoms with Crippen LogP contribution in [0.1, 0.15) is 37.3 Å². The Morgan fingerprint density at radius 2 is 1.76 bits per heavy atom. The maximum Gasteiger partial charge on any atom is 0.248 e. The van der Waals surface area contributed by atoms with Crippen molar-refractivity contribution in [1.29, 1.82) is 0 Å². The average Bonchev–Trinajstić information content (AvgIpc) is 3.07. The van der Waals surface area contributed by atoms with Gasteiger partial charge in [0.2, 0.25) is 11.8 Å². The van der Waals surface area contributed by atoms with Crippen molar-refractivity contribution in [2.24, 2.45) is 0 Å². The standard InChI is InChI=1S/C22H33N3O3S/c1-22(2,3)18-7-5-17(6-8-18)21-25(20(27)16-29-21)14-11-23-9-12-24(13-10-23)19(26)15-28-4/h5-8,21H,9-16H2,1-4H3/t21-/m1/s1. The van der Waals surface area contributed by atoms with E-state index in [1.165, 1.54) is 11.1 Å². The fraction of sp³-hybridized carbons (Fsp3) is 0.636. The second kappa shape index (κ2) is 9.49. The topological polar surface area (TPSA) is 53.1 Å². The van der Waals surface area contributed by atoms with Gasteiger partial charge in [-0.15, -0.1) is 11.8 Å². The second-order valence-corrected chi connectivity index (χ2v) is 9.85. The van der Waals surface area contributed by atoms with Gasteiger partial charge in [-0.1, -0.05) is 45.0 Å². The van der Waals surface area contributed by atoms with Crippen LogP contribution in [-0.2, 0) is 19.7 Å². The smallest absolute Gasteiger partial charge is 0.248 e. The molecule has 2 aliphatic heterocycles. The highest BCUT2D eigenvalue weighted by atomic mass is 32.2. The van der Waals surface area contributed by atoms with Crippen molar-refractivity contribution in [3.05, 3.63) is 35.4 Å². The number of piperazine rings is 1. The van der Waals surface area contributed by atoms with Crippen LogP contribution >= 0.6 is 11.8 Å². The summed E-state index contributed by atoms with van der Waals surface area (Å²) in [5.41, 5.74) is 2.63. The summed E-state index contributed by atoms with van der Waals surface area (Å²) in [4.78, 5) is 30.6. The predicted octanol–water partition coefficient (Wildman–Crippen LogP) is 2.35. The quantitative estimate of drug-likeness (QED) is 0.709. The molecule has 1 aromatic carbocycles. The highest BCUT2D eigenvalue weighted by Crippen LogP contribution is 2.39. The van der Waals surface area contributed by atoms with E-state index in [4.69, 9.17) is 4.74 Å². The fourth-order valence-corrected chi connectivity index (χ4v) is 5.02. The van der Waals surface area contributed by atoms with Gasteiger partial charge in [-0.25, -0.2) is 0 Å². The van der Waals surface area contributed by atoms with E-state index in [1.807, 2.05) is 9.80 Å². The first kappa shape index (κ1) is 22.1. The van der Waals surface area contributed by atoms with Gasteiger partial charge in [0, 0.05) is 46.4 Å². The average molecular weight is 420 g/mol. The number of rotatable bonds is 6. The van der Waals surface area contributed by atoms with E-state index < -0.39 is 0 Å². The maximum atomic E-state index is 12.5. The summed E-state index contributed by atoms with van der Waals surface area (Å²) in [6, 6.07) is 8.72. The van der Waals surface area contributed by atoms with Gasteiger partial charge in [0.25, 0.3) is 0 Å². The SMILES string of the molecule is COCC(=O)N1CCN(CCN2C(=O)CS[C@@H]2c2ccc(C(C)(C)C)cc2)CC1. The van der Waals surface area contributed by atoms with Crippen LogP contribution < -0.4 is 0 Å². The number of hydrogen-bond acceptors (Lipinski definition) is 5. The van der Waals surface area contributed by atoms with Crippen molar-refractivity contribution in [2.75, 3.05) is 58.7 Å². The van der Waals surface area contributed by atoms with Crippen molar-refractivity contribution < 1.29 is 14.3 Å². The number of methoxy groups -OCH3 is 1. The predicted molar refractivity (Wildman–Crippen MR) is 117 cm³/mol. The molecule has 0 N–H and O–H groups in total. The highest BCUT2D eigenvalue weighted by molar-refractivity contribution is 8.00. The minimum absolute atomic E-state index is 0.0528. The van der Waals surface area contributed by atoms with Gasteiger partial charge in [0.05, 0.1) is 5.75 Å². The van der Waals surface area contributed by atoms with Crippen LogP contribution in [0.25, 0.3) is 0 Å². The van der Waals surface area contributed by atoms with Gasteiger partial charge in [-0.2, -0.15) is 0 Å². The number of carbonyl (C=O) groups is 2. The zero-order valence-electron chi connectivity index (χ0n) is 18.0. The molecule has 6 nitrogen and oxygen atoms in total. The van der Waals surface area contributed by atoms with Crippen molar-refractivity contribution in [3.8, 4) is 0 Å². The number of benzene rings is 1. The zero-order chi connectivity index (χ0) is 21.0. The molecule has 0 unspecified atom stereocenters. The lowest BCUT2D eigenvalue weighted by Crippen LogP contribution is -2.51. The lowest BCUT2D eigenvalue weighted by atomic mass is 9.87. The van der Waals surface area contributed by atoms with Crippen LogP contribution in [0.5, 0.6) is 0 Å². The minimum atomic E-state index is 0.0528. The molecule has 7 heteroatoms. The number of nitrogens with zero attached hydrogens (tertiary/aromatic N) is 3. The molecule has 0 saturated carbocycles. The molecule has 1 aromatic rings. The zero-order valence-corrected chi connectivity index (χ0v) is 18.8. The third-order valence-electron chi connectivity index (χ3n) is 5.68. The van der Waals surface area contributed by atoms with Gasteiger partial charge in [-0.05, 0) is 16.5 Å². The maximum absolute atomic E-state index is 12.5. The Kier molecular flexibility index (Phi) is 7.24. The first-order valence-electron chi connectivity index (χ1n) is 10.3. The van der Waals surface area contributed by atoms with Crippen molar-refractivity contribution in [3.63, 3.8) is 0 Å². The molecule has 2 fully saturated rings. The Labute approximate surface area is 178 Å². The third-order valence-corrected chi connectivity index (χ3v) is 6.94. The monoisotopic (exact) mass is 419 g/mol. The number of ether oxygens (including phenoxy) is 1. The van der Waals surface area contributed by atoms with Crippen molar-refractivity contribution in [1.82, 2.24) is 14.7 Å². The molecule has 2 aliphatic rings. The summed E-state index contributed by atoms with van der Waals surface area (Å²) < 4.78 is 4.94. The Morgan fingerprint density at radius 3 is 2.34 bits per heavy atom. The van der Waals surface area contributed by atoms with Crippen LogP contribution in [0, 0.1) is 0 Å². The van der Waals surface area contributed by atoms with Gasteiger partial charge in [0.1, 0.15) is 12.0 Å². The van der Waals surface area contributed by atoms with E-state index >= 15 is 0 Å². The molecule has 0 radical (unpaired) electrons. The molecule has 2 amide bonds. The number of amides is 2. The molecule has 2 saturated heterocycles. The van der Waals surface area contributed by atoms with Crippen LogP contribution in [0.2, 0.25) is 0 Å². The number of carbonyl (C=O) groups excluding carboxylic acids is 2. The molecule has 0 spiro atoms. The van der Waals surface area contributed by atoms with Gasteiger partial charge < -0.3 is 14.5 Å². The lowest BCUT2D eigenvalue weighted by Gasteiger charge is -2.36. The van der Waals surface area contributed by atoms with Gasteiger partial charge in [-0.3, -0.25) is 14.5 Å². The van der Waals surface area contributed by atoms with Gasteiger partial charge >= 0.3 is 0 Å². The molecule has 1 atom stereocenters. The Balaban J connectivity index is 1.54. The Morgan fingerprint density at radius 1 is 1.10 bits per heavy atom. The number of thioether (sulfide) groups is 1. The fourth-order valence-electron chi connectivity index (χ4n) is 3.80. The van der Waals surface area contributed by atoms with E-state index in [0.29, 0.717) is 5.75 Å². The summed E-state index contributed by atoms with van der Waals surface area (Å²) in [5, 5.41) is 0.0982. The first-order chi connectivity index (χ1) is 13.8. The summed E-state index contributed by atoms with van der Waals surface area (Å²) in [5.74, 6) is 0.816. The Bertz CT molecular complexity index is 709. The molecular formula is C22H33N3O3S. The van der Waals surface area contributed by atoms with Gasteiger partial charge in [0.15, 0.2) is 0 Å². The summed E-state index contributed by atoms with van der Waals surface area (Å²) in [6.07, 6.45) is 0. The van der Waals surface area contributed by atoms with Crippen molar-refractivity contribution >= 4 is 23.6 Å². The normalized spacial score (nSPS) is 21.1.